The first-order valence-corrected chi connectivity index (χ1v) is 8.25. The van der Waals surface area contributed by atoms with Crippen molar-refractivity contribution < 1.29 is 22.4 Å². The van der Waals surface area contributed by atoms with Crippen molar-refractivity contribution >= 4 is 56.7 Å². The molecular formula is C14H8Cl2F3N3O2S. The zero-order valence-electron chi connectivity index (χ0n) is 12.1. The number of alkyl halides is 3. The molecule has 0 fully saturated rings. The summed E-state index contributed by atoms with van der Waals surface area (Å²) in [5.41, 5.74) is 1.03. The van der Waals surface area contributed by atoms with Gasteiger partial charge in [-0.1, -0.05) is 34.5 Å². The van der Waals surface area contributed by atoms with Gasteiger partial charge in [0.15, 0.2) is 10.7 Å². The highest BCUT2D eigenvalue weighted by molar-refractivity contribution is 7.15. The fourth-order valence-electron chi connectivity index (χ4n) is 2.01. The fourth-order valence-corrected chi connectivity index (χ4v) is 3.05. The summed E-state index contributed by atoms with van der Waals surface area (Å²) in [6, 6.07) is 2.59. The lowest BCUT2D eigenvalue weighted by Gasteiger charge is -2.04. The Morgan fingerprint density at radius 3 is 2.76 bits per heavy atom. The molecule has 2 N–H and O–H groups in total. The number of benzene rings is 1. The number of aromatic nitrogens is 1. The van der Waals surface area contributed by atoms with Gasteiger partial charge in [-0.05, 0) is 12.1 Å². The molecule has 11 heteroatoms. The Kier molecular flexibility index (Phi) is 4.81. The summed E-state index contributed by atoms with van der Waals surface area (Å²) in [6.45, 7) is 0.0777. The third kappa shape index (κ3) is 3.83. The maximum absolute atomic E-state index is 12.5. The van der Waals surface area contributed by atoms with Crippen LogP contribution >= 0.6 is 34.5 Å². The predicted molar refractivity (Wildman–Crippen MR) is 89.2 cm³/mol. The van der Waals surface area contributed by atoms with Gasteiger partial charge in [0, 0.05) is 17.5 Å². The van der Waals surface area contributed by atoms with Gasteiger partial charge in [-0.25, -0.2) is 9.78 Å². The Morgan fingerprint density at radius 1 is 1.32 bits per heavy atom. The largest absolute Gasteiger partial charge is 0.462 e. The van der Waals surface area contributed by atoms with Crippen LogP contribution in [0.1, 0.15) is 10.4 Å². The van der Waals surface area contributed by atoms with Crippen molar-refractivity contribution in [3.63, 3.8) is 0 Å². The Bertz CT molecular complexity index is 939. The minimum atomic E-state index is -4.50. The number of fused-ring (bicyclic) bond motifs is 1. The van der Waals surface area contributed by atoms with Gasteiger partial charge in [0.1, 0.15) is 9.90 Å². The summed E-state index contributed by atoms with van der Waals surface area (Å²) in [4.78, 5) is 14.4. The first-order chi connectivity index (χ1) is 11.8. The smallest absolute Gasteiger partial charge is 0.427 e. The van der Waals surface area contributed by atoms with Gasteiger partial charge >= 0.3 is 12.2 Å². The molecule has 0 atom stereocenters. The summed E-state index contributed by atoms with van der Waals surface area (Å²) in [7, 11) is 0. The third-order valence-corrected chi connectivity index (χ3v) is 4.90. The molecule has 3 aromatic rings. The van der Waals surface area contributed by atoms with Crippen LogP contribution in [0.4, 0.5) is 23.1 Å². The van der Waals surface area contributed by atoms with E-state index in [1.54, 1.807) is 12.1 Å². The number of thiazole rings is 1. The second-order valence-electron chi connectivity index (χ2n) is 4.83. The molecule has 0 spiro atoms. The Labute approximate surface area is 152 Å². The number of nitrogens with one attached hydrogen (secondary N) is 2. The molecule has 0 unspecified atom stereocenters. The number of urea groups is 1. The summed E-state index contributed by atoms with van der Waals surface area (Å²) in [5, 5.41) is 5.87. The van der Waals surface area contributed by atoms with E-state index in [0.29, 0.717) is 39.1 Å². The number of rotatable bonds is 3. The normalized spacial score (nSPS) is 11.7. The van der Waals surface area contributed by atoms with E-state index in [9.17, 15) is 18.0 Å². The van der Waals surface area contributed by atoms with Crippen LogP contribution in [-0.4, -0.2) is 11.0 Å². The van der Waals surface area contributed by atoms with E-state index in [1.165, 1.54) is 6.26 Å². The van der Waals surface area contributed by atoms with Crippen LogP contribution in [0.25, 0.3) is 11.0 Å². The average molecular weight is 410 g/mol. The lowest BCUT2D eigenvalue weighted by molar-refractivity contribution is -0.134. The lowest BCUT2D eigenvalue weighted by Crippen LogP contribution is -2.27. The topological polar surface area (TPSA) is 67.2 Å². The molecule has 25 heavy (non-hydrogen) atoms. The number of halogens is 5. The molecule has 2 heterocycles. The molecule has 0 bridgehead atoms. The summed E-state index contributed by atoms with van der Waals surface area (Å²) >= 11 is 12.3. The van der Waals surface area contributed by atoms with E-state index >= 15 is 0 Å². The molecule has 5 nitrogen and oxygen atoms in total. The minimum Gasteiger partial charge on any atom is -0.462 e. The zero-order valence-corrected chi connectivity index (χ0v) is 14.4. The van der Waals surface area contributed by atoms with Gasteiger partial charge in [0.2, 0.25) is 0 Å². The Hall–Kier alpha value is -1.97. The van der Waals surface area contributed by atoms with Crippen molar-refractivity contribution in [2.75, 3.05) is 5.32 Å². The SMILES string of the molecule is O=C(NCc1coc2c(Cl)c(Cl)ccc12)Nc1ncc(C(F)(F)F)s1. The summed E-state index contributed by atoms with van der Waals surface area (Å²) in [5.74, 6) is 0. The molecular weight excluding hydrogens is 402 g/mol. The van der Waals surface area contributed by atoms with Gasteiger partial charge in [-0.15, -0.1) is 0 Å². The highest BCUT2D eigenvalue weighted by atomic mass is 35.5. The lowest BCUT2D eigenvalue weighted by atomic mass is 10.2. The number of furan rings is 1. The molecule has 2 amide bonds. The number of carbonyl (C=O) groups excluding carboxylic acids is 1. The molecule has 1 aromatic carbocycles. The van der Waals surface area contributed by atoms with Crippen LogP contribution in [0.5, 0.6) is 0 Å². The molecule has 0 aliphatic heterocycles. The number of carbonyl (C=O) groups is 1. The van der Waals surface area contributed by atoms with E-state index in [0.717, 1.165) is 0 Å². The number of nitrogens with zero attached hydrogens (tertiary/aromatic N) is 1. The molecule has 3 rings (SSSR count). The molecule has 0 radical (unpaired) electrons. The van der Waals surface area contributed by atoms with E-state index in [2.05, 4.69) is 15.6 Å². The van der Waals surface area contributed by atoms with Gasteiger partial charge in [-0.2, -0.15) is 13.2 Å². The summed E-state index contributed by atoms with van der Waals surface area (Å²) < 4.78 is 42.8. The third-order valence-electron chi connectivity index (χ3n) is 3.16. The molecule has 0 aliphatic carbocycles. The molecule has 132 valence electrons. The molecule has 0 aliphatic rings. The average Bonchev–Trinajstić information content (AvgIpc) is 3.15. The van der Waals surface area contributed by atoms with Crippen LogP contribution in [0.3, 0.4) is 0 Å². The van der Waals surface area contributed by atoms with Gasteiger partial charge < -0.3 is 9.73 Å². The van der Waals surface area contributed by atoms with Gasteiger partial charge in [-0.3, -0.25) is 5.32 Å². The van der Waals surface area contributed by atoms with E-state index in [4.69, 9.17) is 27.6 Å². The van der Waals surface area contributed by atoms with E-state index in [-0.39, 0.29) is 16.7 Å². The molecule has 0 saturated carbocycles. The second-order valence-corrected chi connectivity index (χ2v) is 6.65. The molecule has 0 saturated heterocycles. The number of anilines is 1. The molecule has 2 aromatic heterocycles. The fraction of sp³-hybridized carbons (Fsp3) is 0.143. The van der Waals surface area contributed by atoms with Crippen LogP contribution in [0, 0.1) is 0 Å². The maximum Gasteiger partial charge on any atom is 0.427 e. The van der Waals surface area contributed by atoms with Crippen LogP contribution in [-0.2, 0) is 12.7 Å². The highest BCUT2D eigenvalue weighted by Gasteiger charge is 2.33. The van der Waals surface area contributed by atoms with Crippen LogP contribution in [0.2, 0.25) is 10.0 Å². The zero-order chi connectivity index (χ0) is 18.2. The van der Waals surface area contributed by atoms with Crippen molar-refractivity contribution in [3.8, 4) is 0 Å². The maximum atomic E-state index is 12.5. The van der Waals surface area contributed by atoms with Crippen molar-refractivity contribution in [2.45, 2.75) is 12.7 Å². The predicted octanol–water partition coefficient (Wildman–Crippen LogP) is 5.54. The number of hydrogen-bond acceptors (Lipinski definition) is 4. The number of hydrogen-bond donors (Lipinski definition) is 2. The van der Waals surface area contributed by atoms with Crippen molar-refractivity contribution in [2.24, 2.45) is 0 Å². The second kappa shape index (κ2) is 6.74. The highest BCUT2D eigenvalue weighted by Crippen LogP contribution is 2.35. The first kappa shape index (κ1) is 17.8. The van der Waals surface area contributed by atoms with Crippen LogP contribution < -0.4 is 10.6 Å². The van der Waals surface area contributed by atoms with Crippen molar-refractivity contribution in [1.29, 1.82) is 0 Å². The van der Waals surface area contributed by atoms with Crippen molar-refractivity contribution in [1.82, 2.24) is 10.3 Å². The van der Waals surface area contributed by atoms with Crippen molar-refractivity contribution in [3.05, 3.63) is 45.1 Å². The monoisotopic (exact) mass is 409 g/mol. The summed E-state index contributed by atoms with van der Waals surface area (Å²) in [6.07, 6.45) is -2.42. The van der Waals surface area contributed by atoms with Crippen LogP contribution in [0.15, 0.2) is 29.0 Å². The Balaban J connectivity index is 1.65. The van der Waals surface area contributed by atoms with E-state index < -0.39 is 17.1 Å². The van der Waals surface area contributed by atoms with E-state index in [1.807, 2.05) is 0 Å². The quantitative estimate of drug-likeness (QED) is 0.596. The number of amides is 2. The van der Waals surface area contributed by atoms with Gasteiger partial charge in [0.25, 0.3) is 0 Å². The first-order valence-electron chi connectivity index (χ1n) is 6.67. The van der Waals surface area contributed by atoms with Gasteiger partial charge in [0.05, 0.1) is 17.5 Å². The standard InChI is InChI=1S/C14H8Cl2F3N3O2S/c15-8-2-1-7-6(5-24-11(7)10(8)16)3-20-12(23)22-13-21-4-9(25-13)14(17,18)19/h1-2,4-5H,3H2,(H2,20,21,22,23). The Morgan fingerprint density at radius 2 is 2.08 bits per heavy atom. The minimum absolute atomic E-state index is 0.0777.